The minimum atomic E-state index is 0.0529. The summed E-state index contributed by atoms with van der Waals surface area (Å²) in [5.41, 5.74) is 3.77. The third-order valence-electron chi connectivity index (χ3n) is 5.79. The molecule has 0 spiro atoms. The lowest BCUT2D eigenvalue weighted by molar-refractivity contribution is 0.0716. The normalized spacial score (nSPS) is 17.6. The van der Waals surface area contributed by atoms with Crippen LogP contribution in [0.4, 0.5) is 0 Å². The number of Topliss-reactive ketones (excluding diaryl/α,β-unsaturated/α-hetero) is 1. The molecular weight excluding hydrogens is 378 g/mol. The summed E-state index contributed by atoms with van der Waals surface area (Å²) in [6.45, 7) is 2.62. The number of carbonyl (C=O) groups is 1. The van der Waals surface area contributed by atoms with Crippen molar-refractivity contribution in [1.82, 2.24) is 4.57 Å². The second-order valence-corrected chi connectivity index (χ2v) is 7.65. The first-order chi connectivity index (χ1) is 14.7. The topological polar surface area (TPSA) is 49.7 Å². The summed E-state index contributed by atoms with van der Waals surface area (Å²) in [6, 6.07) is 16.1. The Bertz CT molecular complexity index is 1180. The number of rotatable bonds is 5. The van der Waals surface area contributed by atoms with Crippen LogP contribution in [0.1, 0.15) is 23.8 Å². The highest BCUT2D eigenvalue weighted by molar-refractivity contribution is 6.10. The van der Waals surface area contributed by atoms with Crippen molar-refractivity contribution in [2.45, 2.75) is 19.9 Å². The van der Waals surface area contributed by atoms with Gasteiger partial charge in [-0.2, -0.15) is 0 Å². The van der Waals surface area contributed by atoms with Crippen LogP contribution in [0, 0.1) is 5.92 Å². The molecule has 0 N–H and O–H groups in total. The number of carbonyl (C=O) groups excluding carboxylic acids is 1. The minimum absolute atomic E-state index is 0.0529. The van der Waals surface area contributed by atoms with Crippen LogP contribution in [-0.2, 0) is 16.0 Å². The van der Waals surface area contributed by atoms with Crippen LogP contribution >= 0.6 is 0 Å². The number of methoxy groups -OCH3 is 1. The van der Waals surface area contributed by atoms with E-state index < -0.39 is 0 Å². The predicted molar refractivity (Wildman–Crippen MR) is 115 cm³/mol. The van der Waals surface area contributed by atoms with Crippen LogP contribution in [0.15, 0.2) is 72.2 Å². The van der Waals surface area contributed by atoms with Gasteiger partial charge in [0, 0.05) is 42.3 Å². The van der Waals surface area contributed by atoms with Crippen molar-refractivity contribution in [3.63, 3.8) is 0 Å². The lowest BCUT2D eigenvalue weighted by atomic mass is 9.98. The molecule has 2 aliphatic rings. The fraction of sp³-hybridized carbons (Fsp3) is 0.240. The van der Waals surface area contributed by atoms with Gasteiger partial charge in [-0.1, -0.05) is 36.4 Å². The molecule has 0 amide bonds. The summed E-state index contributed by atoms with van der Waals surface area (Å²) >= 11 is 0. The van der Waals surface area contributed by atoms with Crippen LogP contribution in [0.2, 0.25) is 0 Å². The van der Waals surface area contributed by atoms with E-state index in [1.165, 1.54) is 0 Å². The van der Waals surface area contributed by atoms with Crippen LogP contribution in [0.5, 0.6) is 5.75 Å². The third-order valence-corrected chi connectivity index (χ3v) is 5.79. The lowest BCUT2D eigenvalue weighted by Crippen LogP contribution is -2.16. The summed E-state index contributed by atoms with van der Waals surface area (Å²) in [7, 11) is 1.65. The molecule has 1 aliphatic carbocycles. The monoisotopic (exact) mass is 401 g/mol. The van der Waals surface area contributed by atoms with Crippen molar-refractivity contribution in [2.75, 3.05) is 13.9 Å². The summed E-state index contributed by atoms with van der Waals surface area (Å²) in [6.07, 6.45) is 4.91. The van der Waals surface area contributed by atoms with E-state index in [1.54, 1.807) is 14.0 Å². The summed E-state index contributed by atoms with van der Waals surface area (Å²) in [4.78, 5) is 12.9. The molecule has 5 heteroatoms. The van der Waals surface area contributed by atoms with Crippen molar-refractivity contribution in [1.29, 1.82) is 0 Å². The fourth-order valence-corrected chi connectivity index (χ4v) is 4.41. The highest BCUT2D eigenvalue weighted by Gasteiger charge is 2.27. The standard InChI is InChI=1S/C25H23NO4/c1-16(27)25-24(18-8-10-19(28-2)11-9-18)20-5-3-4-6-21(20)26(25)14-17-7-12-22-23(13-17)30-15-29-22/h3-12,17H,13-15H2,1-2H3. The molecule has 0 bridgehead atoms. The Morgan fingerprint density at radius 2 is 1.93 bits per heavy atom. The highest BCUT2D eigenvalue weighted by atomic mass is 16.7. The van der Waals surface area contributed by atoms with Gasteiger partial charge in [0.15, 0.2) is 11.5 Å². The zero-order valence-corrected chi connectivity index (χ0v) is 17.1. The van der Waals surface area contributed by atoms with Crippen molar-refractivity contribution in [3.05, 3.63) is 77.9 Å². The Kier molecular flexibility index (Phi) is 4.58. The summed E-state index contributed by atoms with van der Waals surface area (Å²) < 4.78 is 18.5. The molecule has 2 heterocycles. The smallest absolute Gasteiger partial charge is 0.230 e. The van der Waals surface area contributed by atoms with Crippen molar-refractivity contribution < 1.29 is 19.0 Å². The minimum Gasteiger partial charge on any atom is -0.497 e. The SMILES string of the molecule is COc1ccc(-c2c(C(C)=O)n(CC3C=CC4=C(C3)OCO4)c3ccccc23)cc1. The van der Waals surface area contributed by atoms with Gasteiger partial charge in [0.1, 0.15) is 11.5 Å². The molecule has 5 rings (SSSR count). The molecule has 3 aromatic rings. The van der Waals surface area contributed by atoms with Gasteiger partial charge in [-0.05, 0) is 29.8 Å². The Labute approximate surface area is 175 Å². The molecule has 152 valence electrons. The zero-order valence-electron chi connectivity index (χ0n) is 17.1. The quantitative estimate of drug-likeness (QED) is 0.544. The number of fused-ring (bicyclic) bond motifs is 1. The van der Waals surface area contributed by atoms with Crippen LogP contribution in [0.3, 0.4) is 0 Å². The van der Waals surface area contributed by atoms with E-state index >= 15 is 0 Å². The van der Waals surface area contributed by atoms with E-state index in [4.69, 9.17) is 14.2 Å². The Balaban J connectivity index is 1.62. The van der Waals surface area contributed by atoms with E-state index in [0.717, 1.165) is 51.4 Å². The number of benzene rings is 2. The molecule has 2 aromatic carbocycles. The summed E-state index contributed by atoms with van der Waals surface area (Å²) in [5, 5.41) is 1.08. The van der Waals surface area contributed by atoms with Crippen LogP contribution in [0.25, 0.3) is 22.0 Å². The van der Waals surface area contributed by atoms with Crippen LogP contribution < -0.4 is 4.74 Å². The van der Waals surface area contributed by atoms with Gasteiger partial charge >= 0.3 is 0 Å². The van der Waals surface area contributed by atoms with E-state index in [0.29, 0.717) is 6.54 Å². The number of hydrogen-bond donors (Lipinski definition) is 0. The van der Waals surface area contributed by atoms with Gasteiger partial charge in [0.05, 0.1) is 12.8 Å². The molecule has 5 nitrogen and oxygen atoms in total. The Hall–Kier alpha value is -3.47. The van der Waals surface area contributed by atoms with Crippen molar-refractivity contribution >= 4 is 16.7 Å². The molecule has 1 aliphatic heterocycles. The lowest BCUT2D eigenvalue weighted by Gasteiger charge is -2.19. The number of allylic oxidation sites excluding steroid dienone is 3. The maximum absolute atomic E-state index is 12.9. The second kappa shape index (κ2) is 7.41. The molecule has 1 unspecified atom stereocenters. The van der Waals surface area contributed by atoms with E-state index in [1.807, 2.05) is 42.5 Å². The average molecular weight is 401 g/mol. The zero-order chi connectivity index (χ0) is 20.7. The van der Waals surface area contributed by atoms with Gasteiger partial charge in [-0.25, -0.2) is 0 Å². The molecule has 1 atom stereocenters. The Morgan fingerprint density at radius 3 is 2.70 bits per heavy atom. The van der Waals surface area contributed by atoms with Gasteiger partial charge in [-0.3, -0.25) is 4.79 Å². The maximum atomic E-state index is 12.9. The second-order valence-electron chi connectivity index (χ2n) is 7.65. The number of ether oxygens (including phenoxy) is 3. The van der Waals surface area contributed by atoms with E-state index in [2.05, 4.69) is 22.8 Å². The highest BCUT2D eigenvalue weighted by Crippen LogP contribution is 2.38. The number of aromatic nitrogens is 1. The van der Waals surface area contributed by atoms with Gasteiger partial charge in [0.2, 0.25) is 6.79 Å². The predicted octanol–water partition coefficient (Wildman–Crippen LogP) is 5.31. The number of ketones is 1. The Morgan fingerprint density at radius 1 is 1.13 bits per heavy atom. The van der Waals surface area contributed by atoms with E-state index in [-0.39, 0.29) is 18.5 Å². The first-order valence-electron chi connectivity index (χ1n) is 10.1. The van der Waals surface area contributed by atoms with E-state index in [9.17, 15) is 4.79 Å². The number of nitrogens with zero attached hydrogens (tertiary/aromatic N) is 1. The third kappa shape index (κ3) is 3.07. The van der Waals surface area contributed by atoms with Gasteiger partial charge in [-0.15, -0.1) is 0 Å². The molecule has 0 saturated carbocycles. The number of hydrogen-bond acceptors (Lipinski definition) is 4. The van der Waals surface area contributed by atoms with Crippen molar-refractivity contribution in [3.8, 4) is 16.9 Å². The molecule has 0 fully saturated rings. The average Bonchev–Trinajstić information content (AvgIpc) is 3.36. The molecule has 1 aromatic heterocycles. The van der Waals surface area contributed by atoms with Gasteiger partial charge < -0.3 is 18.8 Å². The number of para-hydroxylation sites is 1. The molecule has 0 radical (unpaired) electrons. The van der Waals surface area contributed by atoms with Crippen LogP contribution in [-0.4, -0.2) is 24.3 Å². The summed E-state index contributed by atoms with van der Waals surface area (Å²) in [5.74, 6) is 2.80. The molecule has 30 heavy (non-hydrogen) atoms. The first-order valence-corrected chi connectivity index (χ1v) is 10.1. The molecular formula is C25H23NO4. The largest absolute Gasteiger partial charge is 0.497 e. The van der Waals surface area contributed by atoms with Crippen molar-refractivity contribution in [2.24, 2.45) is 5.92 Å². The van der Waals surface area contributed by atoms with Gasteiger partial charge in [0.25, 0.3) is 0 Å². The fourth-order valence-electron chi connectivity index (χ4n) is 4.41. The molecule has 0 saturated heterocycles. The first kappa shape index (κ1) is 18.6. The maximum Gasteiger partial charge on any atom is 0.230 e.